The number of hydrogen-bond donors (Lipinski definition) is 0. The lowest BCUT2D eigenvalue weighted by atomic mass is 9.98. The van der Waals surface area contributed by atoms with Crippen molar-refractivity contribution in [3.8, 4) is 0 Å². The van der Waals surface area contributed by atoms with Crippen molar-refractivity contribution in [3.63, 3.8) is 0 Å². The molecule has 1 aromatic heterocycles. The number of aryl methyl sites for hydroxylation is 2. The van der Waals surface area contributed by atoms with E-state index in [9.17, 15) is 13.6 Å². The van der Waals surface area contributed by atoms with Crippen molar-refractivity contribution in [1.29, 1.82) is 0 Å². The van der Waals surface area contributed by atoms with E-state index in [1.165, 1.54) is 0 Å². The lowest BCUT2D eigenvalue weighted by Crippen LogP contribution is -2.35. The predicted octanol–water partition coefficient (Wildman–Crippen LogP) is 4.11. The van der Waals surface area contributed by atoms with Crippen molar-refractivity contribution in [3.05, 3.63) is 39.0 Å². The van der Waals surface area contributed by atoms with E-state index in [0.717, 1.165) is 54.1 Å². The number of benzene rings is 1. The summed E-state index contributed by atoms with van der Waals surface area (Å²) in [5, 5.41) is 4.71. The van der Waals surface area contributed by atoms with Crippen molar-refractivity contribution in [1.82, 2.24) is 14.7 Å². The molecule has 27 heavy (non-hydrogen) atoms. The number of carbonyl (C=O) groups is 1. The molecule has 0 N–H and O–H groups in total. The van der Waals surface area contributed by atoms with E-state index in [-0.39, 0.29) is 11.5 Å². The Kier molecular flexibility index (Phi) is 4.70. The summed E-state index contributed by atoms with van der Waals surface area (Å²) in [6.07, 6.45) is -0.0150. The van der Waals surface area contributed by atoms with Gasteiger partial charge >= 0.3 is 0 Å². The summed E-state index contributed by atoms with van der Waals surface area (Å²) in [6, 6.07) is 3.39. The third-order valence-corrected chi connectivity index (χ3v) is 6.16. The van der Waals surface area contributed by atoms with E-state index in [1.54, 1.807) is 19.1 Å². The zero-order valence-electron chi connectivity index (χ0n) is 15.3. The molecule has 8 heteroatoms. The van der Waals surface area contributed by atoms with E-state index in [1.807, 2.05) is 21.5 Å². The fourth-order valence-corrected chi connectivity index (χ4v) is 4.63. The number of alkyl halides is 2. The Hall–Kier alpha value is -1.96. The number of hydrogen-bond acceptors (Lipinski definition) is 3. The molecule has 3 heterocycles. The van der Waals surface area contributed by atoms with Gasteiger partial charge in [0.1, 0.15) is 0 Å². The lowest BCUT2D eigenvalue weighted by Gasteiger charge is -2.33. The lowest BCUT2D eigenvalue weighted by molar-refractivity contribution is -0.129. The number of fused-ring (bicyclic) bond motifs is 2. The number of carbonyl (C=O) groups excluding carboxylic acids is 1. The number of amides is 1. The molecule has 2 aliphatic rings. The Bertz CT molecular complexity index is 912. The van der Waals surface area contributed by atoms with Crippen LogP contribution in [0, 0.1) is 0 Å². The highest BCUT2D eigenvalue weighted by atomic mass is 79.9. The first-order valence-corrected chi connectivity index (χ1v) is 9.84. The van der Waals surface area contributed by atoms with Crippen molar-refractivity contribution >= 4 is 33.3 Å². The van der Waals surface area contributed by atoms with Gasteiger partial charge in [0.2, 0.25) is 5.91 Å². The van der Waals surface area contributed by atoms with Gasteiger partial charge in [0.05, 0.1) is 6.54 Å². The van der Waals surface area contributed by atoms with E-state index in [2.05, 4.69) is 15.9 Å². The number of anilines is 2. The summed E-state index contributed by atoms with van der Waals surface area (Å²) in [6.45, 7) is 3.49. The van der Waals surface area contributed by atoms with Crippen LogP contribution in [0.5, 0.6) is 0 Å². The van der Waals surface area contributed by atoms with Gasteiger partial charge in [0, 0.05) is 60.5 Å². The van der Waals surface area contributed by atoms with Crippen LogP contribution in [-0.2, 0) is 31.2 Å². The smallest absolute Gasteiger partial charge is 0.265 e. The second-order valence-corrected chi connectivity index (χ2v) is 7.98. The van der Waals surface area contributed by atoms with Crippen LogP contribution in [0.15, 0.2) is 16.6 Å². The first kappa shape index (κ1) is 18.4. The minimum atomic E-state index is -2.54. The molecule has 0 unspecified atom stereocenters. The average Bonchev–Trinajstić information content (AvgIpc) is 2.96. The standard InChI is InChI=1S/C19H21BrF2N4O/c1-11(27)25-7-5-16-14(10-25)19(23-24(16)2)26-6-3-4-12-8-15(20)13(18(21)22)9-17(12)26/h8-9,18H,3-7,10H2,1-2H3. The molecule has 1 aromatic carbocycles. The molecule has 1 amide bonds. The average molecular weight is 439 g/mol. The van der Waals surface area contributed by atoms with E-state index in [0.29, 0.717) is 17.6 Å². The highest BCUT2D eigenvalue weighted by Crippen LogP contribution is 2.41. The molecule has 0 radical (unpaired) electrons. The molecule has 4 rings (SSSR count). The van der Waals surface area contributed by atoms with Gasteiger partial charge in [-0.15, -0.1) is 0 Å². The van der Waals surface area contributed by atoms with Gasteiger partial charge in [-0.25, -0.2) is 8.78 Å². The topological polar surface area (TPSA) is 41.4 Å². The monoisotopic (exact) mass is 438 g/mol. The highest BCUT2D eigenvalue weighted by molar-refractivity contribution is 9.10. The zero-order chi connectivity index (χ0) is 19.3. The first-order chi connectivity index (χ1) is 12.9. The Morgan fingerprint density at radius 2 is 2.04 bits per heavy atom. The number of halogens is 3. The molecule has 5 nitrogen and oxygen atoms in total. The molecule has 2 aliphatic heterocycles. The molecule has 0 bridgehead atoms. The zero-order valence-corrected chi connectivity index (χ0v) is 16.9. The molecule has 2 aromatic rings. The van der Waals surface area contributed by atoms with Gasteiger partial charge in [0.25, 0.3) is 6.43 Å². The maximum absolute atomic E-state index is 13.4. The summed E-state index contributed by atoms with van der Waals surface area (Å²) in [7, 11) is 1.91. The van der Waals surface area contributed by atoms with Crippen molar-refractivity contribution < 1.29 is 13.6 Å². The van der Waals surface area contributed by atoms with Crippen LogP contribution in [0.1, 0.15) is 42.2 Å². The summed E-state index contributed by atoms with van der Waals surface area (Å²) < 4.78 is 29.2. The van der Waals surface area contributed by atoms with Crippen LogP contribution >= 0.6 is 15.9 Å². The summed E-state index contributed by atoms with van der Waals surface area (Å²) in [5.41, 5.74) is 3.96. The largest absolute Gasteiger partial charge is 0.338 e. The number of rotatable bonds is 2. The van der Waals surface area contributed by atoms with Crippen LogP contribution in [0.3, 0.4) is 0 Å². The molecule has 0 aliphatic carbocycles. The molecule has 0 saturated heterocycles. The third kappa shape index (κ3) is 3.13. The second kappa shape index (κ2) is 6.89. The van der Waals surface area contributed by atoms with Crippen molar-refractivity contribution in [2.75, 3.05) is 18.0 Å². The van der Waals surface area contributed by atoms with E-state index < -0.39 is 6.43 Å². The first-order valence-electron chi connectivity index (χ1n) is 9.05. The molecule has 0 spiro atoms. The van der Waals surface area contributed by atoms with Gasteiger partial charge in [-0.05, 0) is 30.5 Å². The van der Waals surface area contributed by atoms with E-state index in [4.69, 9.17) is 5.10 Å². The highest BCUT2D eigenvalue weighted by Gasteiger charge is 2.31. The van der Waals surface area contributed by atoms with Crippen molar-refractivity contribution in [2.45, 2.75) is 39.2 Å². The maximum Gasteiger partial charge on any atom is 0.265 e. The second-order valence-electron chi connectivity index (χ2n) is 7.12. The number of nitrogens with zero attached hydrogens (tertiary/aromatic N) is 4. The Morgan fingerprint density at radius 1 is 1.26 bits per heavy atom. The normalized spacial score (nSPS) is 16.5. The van der Waals surface area contributed by atoms with Gasteiger partial charge in [-0.2, -0.15) is 5.10 Å². The molecular formula is C19H21BrF2N4O. The quantitative estimate of drug-likeness (QED) is 0.708. The Labute approximate surface area is 165 Å². The van der Waals surface area contributed by atoms with Crippen LogP contribution in [0.4, 0.5) is 20.3 Å². The van der Waals surface area contributed by atoms with Crippen LogP contribution in [0.2, 0.25) is 0 Å². The van der Waals surface area contributed by atoms with Crippen LogP contribution in [-0.4, -0.2) is 33.7 Å². The predicted molar refractivity (Wildman–Crippen MR) is 102 cm³/mol. The van der Waals surface area contributed by atoms with Crippen LogP contribution in [0.25, 0.3) is 0 Å². The Balaban J connectivity index is 1.81. The Morgan fingerprint density at radius 3 is 2.74 bits per heavy atom. The molecule has 0 saturated carbocycles. The summed E-state index contributed by atoms with van der Waals surface area (Å²) in [4.78, 5) is 15.7. The molecule has 0 atom stereocenters. The maximum atomic E-state index is 13.4. The molecule has 144 valence electrons. The minimum Gasteiger partial charge on any atom is -0.338 e. The fraction of sp³-hybridized carbons (Fsp3) is 0.474. The summed E-state index contributed by atoms with van der Waals surface area (Å²) in [5.74, 6) is 0.820. The summed E-state index contributed by atoms with van der Waals surface area (Å²) >= 11 is 3.28. The van der Waals surface area contributed by atoms with Gasteiger partial charge in [-0.1, -0.05) is 15.9 Å². The SMILES string of the molecule is CC(=O)N1CCc2c(c(N3CCCc4cc(Br)c(C(F)F)cc43)nn2C)C1. The van der Waals surface area contributed by atoms with E-state index >= 15 is 0 Å². The molecule has 0 fully saturated rings. The fourth-order valence-electron chi connectivity index (χ4n) is 4.06. The van der Waals surface area contributed by atoms with Gasteiger partial charge in [-0.3, -0.25) is 9.48 Å². The minimum absolute atomic E-state index is 0.00388. The van der Waals surface area contributed by atoms with Crippen molar-refractivity contribution in [2.24, 2.45) is 7.05 Å². The molecular weight excluding hydrogens is 418 g/mol. The van der Waals surface area contributed by atoms with Crippen LogP contribution < -0.4 is 4.90 Å². The van der Waals surface area contributed by atoms with Gasteiger partial charge < -0.3 is 9.80 Å². The van der Waals surface area contributed by atoms with Gasteiger partial charge in [0.15, 0.2) is 5.82 Å². The number of aromatic nitrogens is 2. The third-order valence-electron chi connectivity index (χ3n) is 5.47.